The first kappa shape index (κ1) is 25.7. The molecule has 0 radical (unpaired) electrons. The highest BCUT2D eigenvalue weighted by molar-refractivity contribution is 7.05. The molecule has 2 aliphatic heterocycles. The number of fused-ring (bicyclic) bond motifs is 9. The van der Waals surface area contributed by atoms with E-state index in [-0.39, 0.29) is 0 Å². The minimum Gasteiger partial charge on any atom is -0.0616 e. The molecule has 0 nitrogen and oxygen atoms in total. The van der Waals surface area contributed by atoms with E-state index in [1.165, 1.54) is 66.4 Å². The molecule has 0 unspecified atom stereocenters. The second-order valence-electron chi connectivity index (χ2n) is 13.6. The van der Waals surface area contributed by atoms with Crippen LogP contribution in [0.2, 0.25) is 26.2 Å². The maximum atomic E-state index is 2.54. The highest BCUT2D eigenvalue weighted by Gasteiger charge is 2.41. The van der Waals surface area contributed by atoms with Gasteiger partial charge in [-0.15, -0.1) is 0 Å². The van der Waals surface area contributed by atoms with E-state index >= 15 is 0 Å². The van der Waals surface area contributed by atoms with E-state index in [4.69, 9.17) is 0 Å². The Hall–Kier alpha value is -3.99. The van der Waals surface area contributed by atoms with Crippen molar-refractivity contribution in [2.45, 2.75) is 40.0 Å². The Morgan fingerprint density at radius 1 is 0.357 bits per heavy atom. The molecule has 204 valence electrons. The highest BCUT2D eigenvalue weighted by atomic mass is 28.3. The van der Waals surface area contributed by atoms with Gasteiger partial charge in [0, 0.05) is 0 Å². The van der Waals surface area contributed by atoms with Crippen molar-refractivity contribution in [1.29, 1.82) is 0 Å². The molecule has 0 aliphatic carbocycles. The van der Waals surface area contributed by atoms with Crippen LogP contribution >= 0.6 is 0 Å². The van der Waals surface area contributed by atoms with E-state index in [1.54, 1.807) is 20.7 Å². The first-order chi connectivity index (χ1) is 20.1. The third-order valence-electron chi connectivity index (χ3n) is 10.2. The molecule has 0 saturated heterocycles. The zero-order chi connectivity index (χ0) is 29.0. The van der Waals surface area contributed by atoms with Gasteiger partial charge in [0.1, 0.15) is 16.1 Å². The van der Waals surface area contributed by atoms with Gasteiger partial charge in [0.15, 0.2) is 0 Å². The second kappa shape index (κ2) is 8.76. The Bertz CT molecular complexity index is 1930. The smallest absolute Gasteiger partial charge is 0.0616 e. The molecule has 6 aromatic rings. The van der Waals surface area contributed by atoms with Crippen LogP contribution in [-0.4, -0.2) is 16.1 Å². The van der Waals surface area contributed by atoms with E-state index < -0.39 is 16.1 Å². The predicted molar refractivity (Wildman–Crippen MR) is 189 cm³/mol. The quantitative estimate of drug-likeness (QED) is 0.183. The van der Waals surface area contributed by atoms with Gasteiger partial charge in [-0.05, 0) is 89.9 Å². The van der Waals surface area contributed by atoms with Crippen LogP contribution in [0.4, 0.5) is 0 Å². The molecular formula is C40H36Si2. The Morgan fingerprint density at radius 2 is 0.714 bits per heavy atom. The van der Waals surface area contributed by atoms with Crippen molar-refractivity contribution in [2.24, 2.45) is 0 Å². The molecule has 0 spiro atoms. The first-order valence-electron chi connectivity index (χ1n) is 15.2. The minimum absolute atomic E-state index is 1.31. The molecule has 2 heterocycles. The van der Waals surface area contributed by atoms with Crippen LogP contribution in [0, 0.1) is 13.8 Å². The molecule has 0 amide bonds. The Kier molecular flexibility index (Phi) is 5.36. The Morgan fingerprint density at radius 3 is 1.10 bits per heavy atom. The summed E-state index contributed by atoms with van der Waals surface area (Å²) in [7, 11) is -3.68. The van der Waals surface area contributed by atoms with E-state index in [0.717, 1.165) is 0 Å². The van der Waals surface area contributed by atoms with Crippen molar-refractivity contribution >= 4 is 47.7 Å². The molecule has 0 atom stereocenters. The number of aryl methyl sites for hydroxylation is 2. The zero-order valence-corrected chi connectivity index (χ0v) is 27.4. The van der Waals surface area contributed by atoms with E-state index in [1.807, 2.05) is 0 Å². The summed E-state index contributed by atoms with van der Waals surface area (Å²) < 4.78 is 0. The molecule has 0 N–H and O–H groups in total. The fraction of sp³-hybridized carbons (Fsp3) is 0.150. The molecule has 0 fully saturated rings. The monoisotopic (exact) mass is 572 g/mol. The van der Waals surface area contributed by atoms with E-state index in [0.29, 0.717) is 0 Å². The molecular weight excluding hydrogens is 537 g/mol. The lowest BCUT2D eigenvalue weighted by Gasteiger charge is -2.21. The maximum Gasteiger partial charge on any atom is 0.113 e. The van der Waals surface area contributed by atoms with Crippen molar-refractivity contribution in [3.8, 4) is 44.5 Å². The van der Waals surface area contributed by atoms with E-state index in [9.17, 15) is 0 Å². The third-order valence-corrected chi connectivity index (χ3v) is 17.3. The summed E-state index contributed by atoms with van der Waals surface area (Å²) in [5.41, 5.74) is 13.8. The fourth-order valence-corrected chi connectivity index (χ4v) is 13.9. The molecule has 0 aromatic heterocycles. The fourth-order valence-electron chi connectivity index (χ4n) is 7.73. The Labute approximate surface area is 251 Å². The van der Waals surface area contributed by atoms with Gasteiger partial charge in [-0.2, -0.15) is 0 Å². The summed E-state index contributed by atoms with van der Waals surface area (Å²) in [6, 6.07) is 42.4. The lowest BCUT2D eigenvalue weighted by atomic mass is 9.91. The van der Waals surface area contributed by atoms with Gasteiger partial charge >= 0.3 is 0 Å². The van der Waals surface area contributed by atoms with Crippen molar-refractivity contribution in [3.63, 3.8) is 0 Å². The van der Waals surface area contributed by atoms with Gasteiger partial charge in [0.05, 0.1) is 0 Å². The summed E-state index contributed by atoms with van der Waals surface area (Å²) in [5.74, 6) is 0. The normalized spacial score (nSPS) is 15.3. The van der Waals surface area contributed by atoms with Crippen LogP contribution in [0.5, 0.6) is 0 Å². The van der Waals surface area contributed by atoms with Crippen LogP contribution in [0.25, 0.3) is 55.3 Å². The van der Waals surface area contributed by atoms with Crippen LogP contribution in [-0.2, 0) is 0 Å². The summed E-state index contributed by atoms with van der Waals surface area (Å²) in [6.45, 7) is 14.5. The number of hydrogen-bond acceptors (Lipinski definition) is 0. The van der Waals surface area contributed by atoms with Gasteiger partial charge in [0.25, 0.3) is 0 Å². The summed E-state index contributed by atoms with van der Waals surface area (Å²) in [4.78, 5) is 0. The minimum atomic E-state index is -1.84. The largest absolute Gasteiger partial charge is 0.113 e. The zero-order valence-electron chi connectivity index (χ0n) is 25.4. The van der Waals surface area contributed by atoms with Crippen molar-refractivity contribution < 1.29 is 0 Å². The topological polar surface area (TPSA) is 0 Å². The molecule has 2 aliphatic rings. The number of rotatable bonds is 2. The van der Waals surface area contributed by atoms with Crippen molar-refractivity contribution in [1.82, 2.24) is 0 Å². The first-order valence-corrected chi connectivity index (χ1v) is 21.2. The molecule has 2 heteroatoms. The average molecular weight is 573 g/mol. The average Bonchev–Trinajstić information content (AvgIpc) is 3.37. The van der Waals surface area contributed by atoms with Gasteiger partial charge < -0.3 is 0 Å². The predicted octanol–water partition coefficient (Wildman–Crippen LogP) is 8.40. The lowest BCUT2D eigenvalue weighted by molar-refractivity contribution is 1.47. The molecule has 0 saturated carbocycles. The number of hydrogen-bond donors (Lipinski definition) is 0. The molecule has 42 heavy (non-hydrogen) atoms. The highest BCUT2D eigenvalue weighted by Crippen LogP contribution is 2.41. The summed E-state index contributed by atoms with van der Waals surface area (Å²) >= 11 is 0. The molecule has 0 bridgehead atoms. The molecule has 6 aromatic carbocycles. The van der Waals surface area contributed by atoms with Crippen LogP contribution in [0.15, 0.2) is 109 Å². The standard InChI is InChI=1S/C40H36Si2/c1-25-7-11-27(12-8-25)29-15-17-33-37(23-29)41(3,4)35-21-19-32-31(39(33)35)20-22-36-40(32)34-18-16-30(24-38(34)42(36,5)6)28-13-9-26(2)10-14-28/h7-24H,1-6H3. The lowest BCUT2D eigenvalue weighted by Crippen LogP contribution is -2.49. The third kappa shape index (κ3) is 3.52. The van der Waals surface area contributed by atoms with Crippen LogP contribution in [0.1, 0.15) is 11.1 Å². The van der Waals surface area contributed by atoms with Crippen LogP contribution in [0.3, 0.4) is 0 Å². The maximum absolute atomic E-state index is 2.54. The van der Waals surface area contributed by atoms with Gasteiger partial charge in [-0.1, -0.05) is 147 Å². The second-order valence-corrected chi connectivity index (χ2v) is 22.2. The van der Waals surface area contributed by atoms with Gasteiger partial charge in [-0.3, -0.25) is 0 Å². The SMILES string of the molecule is Cc1ccc(-c2ccc3c(c2)[Si](C)(C)c2ccc4c5c(ccc4c2-3)[Si](C)(C)c2cc(-c3ccc(C)cc3)ccc2-5)cc1. The van der Waals surface area contributed by atoms with Crippen LogP contribution < -0.4 is 20.7 Å². The van der Waals surface area contributed by atoms with Gasteiger partial charge in [0.2, 0.25) is 0 Å². The van der Waals surface area contributed by atoms with Gasteiger partial charge in [-0.25, -0.2) is 0 Å². The Balaban J connectivity index is 1.32. The number of benzene rings is 6. The summed E-state index contributed by atoms with van der Waals surface area (Å²) in [5, 5.41) is 9.15. The van der Waals surface area contributed by atoms with Crippen molar-refractivity contribution in [3.05, 3.63) is 120 Å². The molecule has 8 rings (SSSR count). The van der Waals surface area contributed by atoms with E-state index in [2.05, 4.69) is 149 Å². The summed E-state index contributed by atoms with van der Waals surface area (Å²) in [6.07, 6.45) is 0. The van der Waals surface area contributed by atoms with Crippen molar-refractivity contribution in [2.75, 3.05) is 0 Å².